The zero-order valence-corrected chi connectivity index (χ0v) is 7.16. The largest absolute Gasteiger partial charge is 0.471 e. The minimum Gasteiger partial charge on any atom is -0.348 e. The summed E-state index contributed by atoms with van der Waals surface area (Å²) in [6, 6.07) is 0. The molecule has 13 heavy (non-hydrogen) atoms. The molecule has 1 saturated carbocycles. The zero-order valence-electron chi connectivity index (χ0n) is 7.16. The Balaban J connectivity index is 2.00. The monoisotopic (exact) mass is 195 g/mol. The number of carbonyl (C=O) groups is 1. The van der Waals surface area contributed by atoms with Crippen LogP contribution in [0.2, 0.25) is 0 Å². The van der Waals surface area contributed by atoms with Gasteiger partial charge in [-0.1, -0.05) is 12.8 Å². The predicted octanol–water partition coefficient (Wildman–Crippen LogP) is 1.86. The van der Waals surface area contributed by atoms with Crippen LogP contribution in [0.25, 0.3) is 0 Å². The maximum Gasteiger partial charge on any atom is 0.471 e. The van der Waals surface area contributed by atoms with Gasteiger partial charge in [-0.3, -0.25) is 4.79 Å². The van der Waals surface area contributed by atoms with Crippen molar-refractivity contribution in [3.05, 3.63) is 0 Å². The summed E-state index contributed by atoms with van der Waals surface area (Å²) in [5.41, 5.74) is 0. The highest BCUT2D eigenvalue weighted by molar-refractivity contribution is 5.81. The summed E-state index contributed by atoms with van der Waals surface area (Å²) in [5, 5.41) is 1.84. The summed E-state index contributed by atoms with van der Waals surface area (Å²) >= 11 is 0. The Bertz CT molecular complexity index is 186. The molecule has 0 aromatic carbocycles. The van der Waals surface area contributed by atoms with Crippen molar-refractivity contribution in [1.29, 1.82) is 0 Å². The van der Waals surface area contributed by atoms with Gasteiger partial charge < -0.3 is 5.32 Å². The standard InChI is InChI=1S/C8H12F3NO/c9-8(10,11)7(13)12-5-1-2-6-3-4-6/h6H,1-5H2,(H,12,13). The highest BCUT2D eigenvalue weighted by Gasteiger charge is 2.38. The fraction of sp³-hybridized carbons (Fsp3) is 0.875. The van der Waals surface area contributed by atoms with Crippen molar-refractivity contribution in [2.24, 2.45) is 5.92 Å². The van der Waals surface area contributed by atoms with Crippen molar-refractivity contribution >= 4 is 5.91 Å². The van der Waals surface area contributed by atoms with Gasteiger partial charge in [0.15, 0.2) is 0 Å². The fourth-order valence-electron chi connectivity index (χ4n) is 1.10. The van der Waals surface area contributed by atoms with E-state index >= 15 is 0 Å². The number of amides is 1. The Morgan fingerprint density at radius 3 is 2.46 bits per heavy atom. The van der Waals surface area contributed by atoms with Gasteiger partial charge in [0.2, 0.25) is 0 Å². The minimum absolute atomic E-state index is 0.134. The maximum absolute atomic E-state index is 11.6. The highest BCUT2D eigenvalue weighted by atomic mass is 19.4. The smallest absolute Gasteiger partial charge is 0.348 e. The molecule has 0 heterocycles. The Hall–Kier alpha value is -0.740. The number of rotatable bonds is 4. The van der Waals surface area contributed by atoms with Crippen molar-refractivity contribution in [2.75, 3.05) is 6.54 Å². The third-order valence-corrected chi connectivity index (χ3v) is 2.03. The molecule has 1 aliphatic rings. The number of alkyl halides is 3. The van der Waals surface area contributed by atoms with Crippen LogP contribution in [-0.2, 0) is 4.79 Å². The number of hydrogen-bond donors (Lipinski definition) is 1. The number of hydrogen-bond acceptors (Lipinski definition) is 1. The van der Waals surface area contributed by atoms with E-state index in [1.165, 1.54) is 12.8 Å². The lowest BCUT2D eigenvalue weighted by molar-refractivity contribution is -0.173. The molecular weight excluding hydrogens is 183 g/mol. The van der Waals surface area contributed by atoms with Crippen LogP contribution in [0, 0.1) is 5.92 Å². The van der Waals surface area contributed by atoms with Gasteiger partial charge in [0.05, 0.1) is 0 Å². The molecule has 1 rings (SSSR count). The van der Waals surface area contributed by atoms with E-state index in [0.29, 0.717) is 12.3 Å². The lowest BCUT2D eigenvalue weighted by Gasteiger charge is -2.06. The predicted molar refractivity (Wildman–Crippen MR) is 41.0 cm³/mol. The highest BCUT2D eigenvalue weighted by Crippen LogP contribution is 2.33. The van der Waals surface area contributed by atoms with Crippen molar-refractivity contribution in [3.63, 3.8) is 0 Å². The van der Waals surface area contributed by atoms with Crippen molar-refractivity contribution < 1.29 is 18.0 Å². The molecule has 0 bridgehead atoms. The molecule has 0 spiro atoms. The second kappa shape index (κ2) is 3.98. The first kappa shape index (κ1) is 10.3. The molecule has 0 aliphatic heterocycles. The van der Waals surface area contributed by atoms with Crippen LogP contribution >= 0.6 is 0 Å². The van der Waals surface area contributed by atoms with Crippen LogP contribution in [0.15, 0.2) is 0 Å². The average Bonchev–Trinajstić information content (AvgIpc) is 2.79. The van der Waals surface area contributed by atoms with Gasteiger partial charge >= 0.3 is 12.1 Å². The molecule has 0 radical (unpaired) electrons. The molecule has 1 fully saturated rings. The molecule has 0 aromatic heterocycles. The Labute approximate surface area is 74.5 Å². The van der Waals surface area contributed by atoms with Crippen molar-refractivity contribution in [2.45, 2.75) is 31.9 Å². The summed E-state index contributed by atoms with van der Waals surface area (Å²) in [7, 11) is 0. The van der Waals surface area contributed by atoms with Crippen LogP contribution in [0.5, 0.6) is 0 Å². The van der Waals surface area contributed by atoms with E-state index in [2.05, 4.69) is 0 Å². The van der Waals surface area contributed by atoms with Gasteiger partial charge in [-0.25, -0.2) is 0 Å². The van der Waals surface area contributed by atoms with Gasteiger partial charge in [-0.15, -0.1) is 0 Å². The van der Waals surface area contributed by atoms with E-state index in [0.717, 1.165) is 6.42 Å². The van der Waals surface area contributed by atoms with Crippen LogP contribution in [0.4, 0.5) is 13.2 Å². The molecule has 0 aromatic rings. The molecule has 1 aliphatic carbocycles. The van der Waals surface area contributed by atoms with Crippen LogP contribution in [0.3, 0.4) is 0 Å². The second-order valence-electron chi connectivity index (χ2n) is 3.34. The summed E-state index contributed by atoms with van der Waals surface area (Å²) in [5.74, 6) is -1.13. The van der Waals surface area contributed by atoms with E-state index in [1.54, 1.807) is 0 Å². The van der Waals surface area contributed by atoms with Crippen LogP contribution in [-0.4, -0.2) is 18.6 Å². The third kappa shape index (κ3) is 4.15. The lowest BCUT2D eigenvalue weighted by Crippen LogP contribution is -2.37. The number of halogens is 3. The zero-order chi connectivity index (χ0) is 9.90. The number of carbonyl (C=O) groups excluding carboxylic acids is 1. The van der Waals surface area contributed by atoms with Gasteiger partial charge in [-0.05, 0) is 18.8 Å². The third-order valence-electron chi connectivity index (χ3n) is 2.03. The van der Waals surface area contributed by atoms with Gasteiger partial charge in [-0.2, -0.15) is 13.2 Å². The molecule has 0 atom stereocenters. The molecular formula is C8H12F3NO. The molecule has 0 saturated heterocycles. The summed E-state index contributed by atoms with van der Waals surface area (Å²) in [6.45, 7) is 0.134. The lowest BCUT2D eigenvalue weighted by atomic mass is 10.2. The van der Waals surface area contributed by atoms with Gasteiger partial charge in [0, 0.05) is 6.54 Å². The van der Waals surface area contributed by atoms with Gasteiger partial charge in [0.25, 0.3) is 0 Å². The fourth-order valence-corrected chi connectivity index (χ4v) is 1.10. The van der Waals surface area contributed by atoms with Crippen LogP contribution in [0.1, 0.15) is 25.7 Å². The molecule has 76 valence electrons. The summed E-state index contributed by atoms with van der Waals surface area (Å²) in [4.78, 5) is 10.3. The van der Waals surface area contributed by atoms with Crippen molar-refractivity contribution in [3.8, 4) is 0 Å². The van der Waals surface area contributed by atoms with Crippen LogP contribution < -0.4 is 5.32 Å². The van der Waals surface area contributed by atoms with E-state index in [-0.39, 0.29) is 6.54 Å². The second-order valence-corrected chi connectivity index (χ2v) is 3.34. The summed E-state index contributed by atoms with van der Waals surface area (Å²) < 4.78 is 34.9. The Morgan fingerprint density at radius 2 is 2.00 bits per heavy atom. The summed E-state index contributed by atoms with van der Waals surface area (Å²) in [6.07, 6.45) is -0.787. The normalized spacial score (nSPS) is 17.2. The van der Waals surface area contributed by atoms with E-state index < -0.39 is 12.1 Å². The Kier molecular flexibility index (Phi) is 3.17. The molecule has 0 unspecified atom stereocenters. The van der Waals surface area contributed by atoms with E-state index in [1.807, 2.05) is 5.32 Å². The topological polar surface area (TPSA) is 29.1 Å². The van der Waals surface area contributed by atoms with Gasteiger partial charge in [0.1, 0.15) is 0 Å². The molecule has 1 N–H and O–H groups in total. The first-order chi connectivity index (χ1) is 6.00. The molecule has 1 amide bonds. The quantitative estimate of drug-likeness (QED) is 0.681. The molecule has 5 heteroatoms. The first-order valence-corrected chi connectivity index (χ1v) is 4.35. The Morgan fingerprint density at radius 1 is 1.38 bits per heavy atom. The maximum atomic E-state index is 11.6. The average molecular weight is 195 g/mol. The number of nitrogens with one attached hydrogen (secondary N) is 1. The SMILES string of the molecule is O=C(NCCCC1CC1)C(F)(F)F. The molecule has 2 nitrogen and oxygen atoms in total. The van der Waals surface area contributed by atoms with E-state index in [9.17, 15) is 18.0 Å². The van der Waals surface area contributed by atoms with Crippen molar-refractivity contribution in [1.82, 2.24) is 5.32 Å². The van der Waals surface area contributed by atoms with E-state index in [4.69, 9.17) is 0 Å². The minimum atomic E-state index is -4.74. The first-order valence-electron chi connectivity index (χ1n) is 4.35.